The summed E-state index contributed by atoms with van der Waals surface area (Å²) in [5.74, 6) is 0. The second kappa shape index (κ2) is 7.80. The van der Waals surface area contributed by atoms with Crippen molar-refractivity contribution in [1.29, 1.82) is 0 Å². The van der Waals surface area contributed by atoms with Crippen LogP contribution in [-0.4, -0.2) is 10.2 Å². The lowest BCUT2D eigenvalue weighted by atomic mass is 9.92. The number of rotatable bonds is 2. The van der Waals surface area contributed by atoms with Gasteiger partial charge in [-0.3, -0.25) is 0 Å². The molecule has 34 heavy (non-hydrogen) atoms. The van der Waals surface area contributed by atoms with Crippen molar-refractivity contribution < 1.29 is 26.3 Å². The third-order valence-corrected chi connectivity index (χ3v) is 6.51. The van der Waals surface area contributed by atoms with Crippen molar-refractivity contribution in [2.45, 2.75) is 19.3 Å². The number of nitrogens with zero attached hydrogens (tertiary/aromatic N) is 2. The molecule has 0 saturated heterocycles. The van der Waals surface area contributed by atoms with Crippen molar-refractivity contribution in [3.63, 3.8) is 0 Å². The number of aromatic nitrogens is 2. The summed E-state index contributed by atoms with van der Waals surface area (Å²) in [7, 11) is 0. The van der Waals surface area contributed by atoms with Crippen LogP contribution in [0.3, 0.4) is 0 Å². The number of fused-ring (bicyclic) bond motifs is 2. The van der Waals surface area contributed by atoms with Crippen LogP contribution in [0.1, 0.15) is 16.7 Å². The Hall–Kier alpha value is -3.46. The lowest BCUT2D eigenvalue weighted by Crippen LogP contribution is -2.14. The van der Waals surface area contributed by atoms with E-state index in [0.717, 1.165) is 28.6 Å². The van der Waals surface area contributed by atoms with E-state index in [1.54, 1.807) is 12.1 Å². The van der Waals surface area contributed by atoms with Crippen molar-refractivity contribution in [3.05, 3.63) is 82.7 Å². The maximum atomic E-state index is 14.0. The second-order valence-electron chi connectivity index (χ2n) is 7.83. The molecule has 2 nitrogen and oxygen atoms in total. The number of alkyl halides is 6. The fourth-order valence-electron chi connectivity index (χ4n) is 4.08. The molecule has 2 heterocycles. The average molecular weight is 488 g/mol. The summed E-state index contributed by atoms with van der Waals surface area (Å²) in [6, 6.07) is 15.6. The normalized spacial score (nSPS) is 12.6. The molecule has 0 atom stereocenters. The molecule has 172 valence electrons. The molecule has 0 saturated carbocycles. The van der Waals surface area contributed by atoms with Crippen molar-refractivity contribution in [2.75, 3.05) is 0 Å². The van der Waals surface area contributed by atoms with Crippen LogP contribution in [0.2, 0.25) is 0 Å². The first kappa shape index (κ1) is 22.3. The summed E-state index contributed by atoms with van der Waals surface area (Å²) in [5, 5.41) is 12.8. The highest BCUT2D eigenvalue weighted by Crippen LogP contribution is 2.44. The van der Waals surface area contributed by atoms with Gasteiger partial charge in [-0.15, -0.1) is 21.5 Å². The number of benzene rings is 3. The second-order valence-corrected chi connectivity index (χ2v) is 8.78. The summed E-state index contributed by atoms with van der Waals surface area (Å²) in [6.07, 6.45) is -9.95. The predicted molar refractivity (Wildman–Crippen MR) is 121 cm³/mol. The first-order chi connectivity index (χ1) is 16.0. The average Bonchev–Trinajstić information content (AvgIpc) is 3.29. The van der Waals surface area contributed by atoms with E-state index in [1.165, 1.54) is 11.3 Å². The van der Waals surface area contributed by atoms with Crippen molar-refractivity contribution in [2.24, 2.45) is 0 Å². The standard InChI is InChI=1S/C25H14F6N2S/c1-13-9-18(20(25(29,30)31)12-19(13)24(26,27)28)22-16-10-14-5-2-3-6-15(14)11-17(16)23(33-32-22)21-7-4-8-34-21/h2-12H,1H3. The molecule has 0 bridgehead atoms. The SMILES string of the molecule is Cc1cc(-c2nnc(-c3cccs3)c3cc4ccccc4cc23)c(C(F)(F)F)cc1C(F)(F)F. The molecule has 0 aliphatic heterocycles. The van der Waals surface area contributed by atoms with Gasteiger partial charge in [-0.05, 0) is 59.0 Å². The zero-order valence-corrected chi connectivity index (χ0v) is 18.2. The largest absolute Gasteiger partial charge is 0.417 e. The minimum Gasteiger partial charge on any atom is -0.166 e. The number of hydrogen-bond acceptors (Lipinski definition) is 3. The number of hydrogen-bond donors (Lipinski definition) is 0. The van der Waals surface area contributed by atoms with Crippen LogP contribution in [0.5, 0.6) is 0 Å². The van der Waals surface area contributed by atoms with E-state index >= 15 is 0 Å². The molecule has 9 heteroatoms. The molecule has 5 aromatic rings. The Balaban J connectivity index is 1.89. The minimum absolute atomic E-state index is 0.120. The summed E-state index contributed by atoms with van der Waals surface area (Å²) < 4.78 is 82.1. The lowest BCUT2D eigenvalue weighted by molar-refractivity contribution is -0.143. The molecule has 3 aromatic carbocycles. The third-order valence-electron chi connectivity index (χ3n) is 5.63. The van der Waals surface area contributed by atoms with E-state index in [2.05, 4.69) is 10.2 Å². The first-order valence-electron chi connectivity index (χ1n) is 10.1. The van der Waals surface area contributed by atoms with Crippen molar-refractivity contribution in [1.82, 2.24) is 10.2 Å². The van der Waals surface area contributed by atoms with Gasteiger partial charge in [-0.25, -0.2) is 0 Å². The Labute approximate surface area is 193 Å². The molecular weight excluding hydrogens is 474 g/mol. The first-order valence-corrected chi connectivity index (χ1v) is 10.9. The molecule has 2 aromatic heterocycles. The van der Waals surface area contributed by atoms with Gasteiger partial charge in [-0.2, -0.15) is 26.3 Å². The summed E-state index contributed by atoms with van der Waals surface area (Å²) in [5.41, 5.74) is -3.13. The van der Waals surface area contributed by atoms with E-state index in [9.17, 15) is 26.3 Å². The molecule has 0 N–H and O–H groups in total. The minimum atomic E-state index is -5.03. The molecule has 0 amide bonds. The van der Waals surface area contributed by atoms with Gasteiger partial charge < -0.3 is 0 Å². The molecule has 0 aliphatic rings. The van der Waals surface area contributed by atoms with Gasteiger partial charge in [0, 0.05) is 16.3 Å². The highest BCUT2D eigenvalue weighted by molar-refractivity contribution is 7.13. The van der Waals surface area contributed by atoms with Crippen LogP contribution >= 0.6 is 11.3 Å². The monoisotopic (exact) mass is 488 g/mol. The number of halogens is 6. The van der Waals surface area contributed by atoms with Crippen LogP contribution in [0, 0.1) is 6.92 Å². The van der Waals surface area contributed by atoms with Gasteiger partial charge >= 0.3 is 12.4 Å². The maximum absolute atomic E-state index is 14.0. The number of aryl methyl sites for hydroxylation is 1. The van der Waals surface area contributed by atoms with Crippen molar-refractivity contribution in [3.8, 4) is 21.8 Å². The highest BCUT2D eigenvalue weighted by atomic mass is 32.1. The van der Waals surface area contributed by atoms with E-state index in [1.807, 2.05) is 41.8 Å². The number of thiophene rings is 1. The van der Waals surface area contributed by atoms with E-state index in [0.29, 0.717) is 16.5 Å². The quantitative estimate of drug-likeness (QED) is 0.184. The molecule has 0 radical (unpaired) electrons. The van der Waals surface area contributed by atoms with Gasteiger partial charge in [0.2, 0.25) is 0 Å². The molecule has 5 rings (SSSR count). The summed E-state index contributed by atoms with van der Waals surface area (Å²) in [4.78, 5) is 0.777. The Bertz CT molecular complexity index is 1540. The van der Waals surface area contributed by atoms with Crippen LogP contribution in [-0.2, 0) is 12.4 Å². The molecule has 0 fully saturated rings. The van der Waals surface area contributed by atoms with Gasteiger partial charge in [-0.1, -0.05) is 30.3 Å². The van der Waals surface area contributed by atoms with Crippen molar-refractivity contribution >= 4 is 32.9 Å². The van der Waals surface area contributed by atoms with Gasteiger partial charge in [0.1, 0.15) is 11.4 Å². The summed E-state index contributed by atoms with van der Waals surface area (Å²) in [6.45, 7) is 1.14. The molecule has 0 aliphatic carbocycles. The lowest BCUT2D eigenvalue weighted by Gasteiger charge is -2.19. The van der Waals surface area contributed by atoms with Gasteiger partial charge in [0.25, 0.3) is 0 Å². The van der Waals surface area contributed by atoms with Crippen LogP contribution < -0.4 is 0 Å². The van der Waals surface area contributed by atoms with E-state index < -0.39 is 29.0 Å². The smallest absolute Gasteiger partial charge is 0.166 e. The zero-order valence-electron chi connectivity index (χ0n) is 17.4. The molecule has 0 spiro atoms. The topological polar surface area (TPSA) is 25.8 Å². The van der Waals surface area contributed by atoms with Crippen LogP contribution in [0.15, 0.2) is 66.0 Å². The van der Waals surface area contributed by atoms with E-state index in [-0.39, 0.29) is 17.3 Å². The fraction of sp³-hybridized carbons (Fsp3) is 0.120. The Morgan fingerprint density at radius 2 is 1.26 bits per heavy atom. The Morgan fingerprint density at radius 3 is 1.82 bits per heavy atom. The van der Waals surface area contributed by atoms with E-state index in [4.69, 9.17) is 0 Å². The molecular formula is C25H14F6N2S. The molecule has 0 unspecified atom stereocenters. The van der Waals surface area contributed by atoms with Gasteiger partial charge in [0.05, 0.1) is 16.0 Å². The Morgan fingerprint density at radius 1 is 0.676 bits per heavy atom. The fourth-order valence-corrected chi connectivity index (χ4v) is 4.80. The zero-order chi connectivity index (χ0) is 24.3. The predicted octanol–water partition coefficient (Wildman–Crippen LogP) is 8.52. The Kier molecular flexibility index (Phi) is 5.12. The highest BCUT2D eigenvalue weighted by Gasteiger charge is 2.40. The van der Waals surface area contributed by atoms with Gasteiger partial charge in [0.15, 0.2) is 0 Å². The summed E-state index contributed by atoms with van der Waals surface area (Å²) >= 11 is 1.40. The maximum Gasteiger partial charge on any atom is 0.417 e. The third kappa shape index (κ3) is 3.79. The van der Waals surface area contributed by atoms with Crippen LogP contribution in [0.4, 0.5) is 26.3 Å². The van der Waals surface area contributed by atoms with Crippen LogP contribution in [0.25, 0.3) is 43.4 Å².